The maximum Gasteiger partial charge on any atom is 0.161 e. The zero-order valence-corrected chi connectivity index (χ0v) is 4.47. The highest BCUT2D eigenvalue weighted by Crippen LogP contribution is 2.20. The van der Waals surface area contributed by atoms with Crippen LogP contribution in [0.3, 0.4) is 0 Å². The van der Waals surface area contributed by atoms with Crippen LogP contribution in [0, 0.1) is 0 Å². The molecule has 1 fully saturated rings. The van der Waals surface area contributed by atoms with Gasteiger partial charge in [0.1, 0.15) is 6.10 Å². The van der Waals surface area contributed by atoms with Gasteiger partial charge in [0.2, 0.25) is 0 Å². The maximum absolute atomic E-state index is 10.3. The van der Waals surface area contributed by atoms with Crippen LogP contribution in [0.1, 0.15) is 13.8 Å². The fraction of sp³-hybridized carbons (Fsp3) is 0.800. The molecule has 2 atom stereocenters. The highest BCUT2D eigenvalue weighted by molar-refractivity contribution is 5.83. The van der Waals surface area contributed by atoms with Crippen LogP contribution in [0.4, 0.5) is 0 Å². The molecule has 1 rings (SSSR count). The summed E-state index contributed by atoms with van der Waals surface area (Å²) in [6.45, 7) is 3.44. The minimum Gasteiger partial charge on any atom is -0.362 e. The van der Waals surface area contributed by atoms with E-state index in [1.165, 1.54) is 0 Å². The summed E-state index contributed by atoms with van der Waals surface area (Å²) in [5.41, 5.74) is 0. The number of Topliss-reactive ketones (excluding diaryl/α,β-unsaturated/α-hetero) is 1. The second kappa shape index (κ2) is 1.30. The molecule has 0 saturated carbocycles. The molecule has 1 aliphatic heterocycles. The fourth-order valence-electron chi connectivity index (χ4n) is 0.612. The van der Waals surface area contributed by atoms with Gasteiger partial charge in [0.25, 0.3) is 0 Å². The molecule has 0 bridgehead atoms. The lowest BCUT2D eigenvalue weighted by Crippen LogP contribution is -2.01. The van der Waals surface area contributed by atoms with Gasteiger partial charge in [-0.25, -0.2) is 0 Å². The van der Waals surface area contributed by atoms with Gasteiger partial charge in [-0.3, -0.25) is 4.79 Å². The summed E-state index contributed by atoms with van der Waals surface area (Å²) in [6, 6.07) is 0. The first kappa shape index (κ1) is 4.78. The predicted molar refractivity (Wildman–Crippen MR) is 25.0 cm³/mol. The summed E-state index contributed by atoms with van der Waals surface area (Å²) in [7, 11) is 0. The lowest BCUT2D eigenvalue weighted by molar-refractivity contribution is -0.118. The minimum atomic E-state index is -0.0694. The van der Waals surface area contributed by atoms with Crippen molar-refractivity contribution in [3.8, 4) is 0 Å². The van der Waals surface area contributed by atoms with E-state index in [1.807, 2.05) is 6.92 Å². The number of ether oxygens (including phenoxy) is 1. The Balaban J connectivity index is 2.33. The molecule has 2 heteroatoms. The Hall–Kier alpha value is -0.370. The number of rotatable bonds is 1. The van der Waals surface area contributed by atoms with Crippen molar-refractivity contribution in [1.82, 2.24) is 0 Å². The molecule has 1 saturated heterocycles. The largest absolute Gasteiger partial charge is 0.362 e. The van der Waals surface area contributed by atoms with E-state index in [2.05, 4.69) is 0 Å². The maximum atomic E-state index is 10.3. The standard InChI is InChI=1S/C5H8O2/c1-3(6)5-4(2)7-5/h4-5H,1-2H3. The highest BCUT2D eigenvalue weighted by atomic mass is 16.6. The summed E-state index contributed by atoms with van der Waals surface area (Å²) in [4.78, 5) is 10.3. The first-order valence-corrected chi connectivity index (χ1v) is 2.37. The Labute approximate surface area is 42.5 Å². The van der Waals surface area contributed by atoms with Crippen molar-refractivity contribution in [3.63, 3.8) is 0 Å². The van der Waals surface area contributed by atoms with Gasteiger partial charge < -0.3 is 4.74 Å². The molecule has 2 nitrogen and oxygen atoms in total. The van der Waals surface area contributed by atoms with E-state index in [0.717, 1.165) is 0 Å². The van der Waals surface area contributed by atoms with Crippen molar-refractivity contribution in [2.75, 3.05) is 0 Å². The van der Waals surface area contributed by atoms with Crippen molar-refractivity contribution >= 4 is 5.78 Å². The van der Waals surface area contributed by atoms with E-state index in [1.54, 1.807) is 6.92 Å². The molecule has 0 aromatic carbocycles. The number of carbonyl (C=O) groups excluding carboxylic acids is 1. The van der Waals surface area contributed by atoms with Crippen molar-refractivity contribution in [1.29, 1.82) is 0 Å². The molecule has 7 heavy (non-hydrogen) atoms. The fourth-order valence-corrected chi connectivity index (χ4v) is 0.612. The molecular weight excluding hydrogens is 92.1 g/mol. The Morgan fingerprint density at radius 1 is 1.71 bits per heavy atom. The van der Waals surface area contributed by atoms with Crippen LogP contribution in [-0.4, -0.2) is 18.0 Å². The topological polar surface area (TPSA) is 29.6 Å². The molecule has 1 heterocycles. The van der Waals surface area contributed by atoms with E-state index in [9.17, 15) is 4.79 Å². The Morgan fingerprint density at radius 2 is 2.14 bits per heavy atom. The van der Waals surface area contributed by atoms with Gasteiger partial charge in [-0.05, 0) is 13.8 Å². The van der Waals surface area contributed by atoms with Gasteiger partial charge in [0.05, 0.1) is 6.10 Å². The molecule has 0 aliphatic carbocycles. The van der Waals surface area contributed by atoms with Gasteiger partial charge in [0, 0.05) is 0 Å². The summed E-state index contributed by atoms with van der Waals surface area (Å²) in [5.74, 6) is 0.146. The molecule has 0 amide bonds. The third-order valence-corrected chi connectivity index (χ3v) is 1.11. The first-order valence-electron chi connectivity index (χ1n) is 2.37. The molecule has 1 aliphatic rings. The summed E-state index contributed by atoms with van der Waals surface area (Å²) < 4.78 is 4.83. The SMILES string of the molecule is CC(=O)C1OC1C. The summed E-state index contributed by atoms with van der Waals surface area (Å²) in [5, 5.41) is 0. The monoisotopic (exact) mass is 100 g/mol. The molecule has 2 unspecified atom stereocenters. The number of hydrogen-bond acceptors (Lipinski definition) is 2. The van der Waals surface area contributed by atoms with Crippen LogP contribution in [0.5, 0.6) is 0 Å². The lowest BCUT2D eigenvalue weighted by atomic mass is 10.3. The molecule has 0 spiro atoms. The molecule has 0 aromatic heterocycles. The second-order valence-electron chi connectivity index (χ2n) is 1.87. The van der Waals surface area contributed by atoms with Crippen LogP contribution < -0.4 is 0 Å². The zero-order valence-electron chi connectivity index (χ0n) is 4.47. The number of epoxide rings is 1. The lowest BCUT2D eigenvalue weighted by Gasteiger charge is -1.74. The first-order chi connectivity index (χ1) is 3.22. The number of carbonyl (C=O) groups is 1. The van der Waals surface area contributed by atoms with Gasteiger partial charge in [-0.1, -0.05) is 0 Å². The molecule has 0 radical (unpaired) electrons. The van der Waals surface area contributed by atoms with Crippen molar-refractivity contribution in [2.45, 2.75) is 26.1 Å². The summed E-state index contributed by atoms with van der Waals surface area (Å²) in [6.07, 6.45) is 0.123. The second-order valence-corrected chi connectivity index (χ2v) is 1.87. The number of hydrogen-bond donors (Lipinski definition) is 0. The molecule has 40 valence electrons. The van der Waals surface area contributed by atoms with Gasteiger partial charge in [0.15, 0.2) is 5.78 Å². The molecule has 0 aromatic rings. The van der Waals surface area contributed by atoms with E-state index in [0.29, 0.717) is 0 Å². The van der Waals surface area contributed by atoms with Crippen LogP contribution in [0.2, 0.25) is 0 Å². The molecule has 0 N–H and O–H groups in total. The van der Waals surface area contributed by atoms with E-state index in [4.69, 9.17) is 4.74 Å². The van der Waals surface area contributed by atoms with Crippen molar-refractivity contribution in [2.24, 2.45) is 0 Å². The third kappa shape index (κ3) is 0.800. The smallest absolute Gasteiger partial charge is 0.161 e. The van der Waals surface area contributed by atoms with E-state index in [-0.39, 0.29) is 18.0 Å². The van der Waals surface area contributed by atoms with Crippen LogP contribution >= 0.6 is 0 Å². The Kier molecular flexibility index (Phi) is 0.889. The normalized spacial score (nSPS) is 38.0. The van der Waals surface area contributed by atoms with Gasteiger partial charge in [-0.15, -0.1) is 0 Å². The predicted octanol–water partition coefficient (Wildman–Crippen LogP) is 0.363. The van der Waals surface area contributed by atoms with Gasteiger partial charge in [-0.2, -0.15) is 0 Å². The summed E-state index contributed by atoms with van der Waals surface area (Å²) >= 11 is 0. The van der Waals surface area contributed by atoms with E-state index >= 15 is 0 Å². The Bertz CT molecular complexity index is 98.3. The van der Waals surface area contributed by atoms with E-state index < -0.39 is 0 Å². The molecular formula is C5H8O2. The quantitative estimate of drug-likeness (QED) is 0.445. The Morgan fingerprint density at radius 3 is 2.14 bits per heavy atom. The zero-order chi connectivity index (χ0) is 5.44. The van der Waals surface area contributed by atoms with Crippen LogP contribution in [-0.2, 0) is 9.53 Å². The van der Waals surface area contributed by atoms with Gasteiger partial charge >= 0.3 is 0 Å². The van der Waals surface area contributed by atoms with Crippen molar-refractivity contribution < 1.29 is 9.53 Å². The van der Waals surface area contributed by atoms with Crippen molar-refractivity contribution in [3.05, 3.63) is 0 Å². The number of ketones is 1. The van der Waals surface area contributed by atoms with Crippen LogP contribution in [0.25, 0.3) is 0 Å². The average Bonchev–Trinajstić information content (AvgIpc) is 2.17. The minimum absolute atomic E-state index is 0.0694. The highest BCUT2D eigenvalue weighted by Gasteiger charge is 2.37. The third-order valence-electron chi connectivity index (χ3n) is 1.11. The average molecular weight is 100 g/mol. The van der Waals surface area contributed by atoms with Crippen LogP contribution in [0.15, 0.2) is 0 Å².